The third kappa shape index (κ3) is 6.76. The molecule has 23 heavy (non-hydrogen) atoms. The molecule has 0 unspecified atom stereocenters. The van der Waals surface area contributed by atoms with Crippen molar-refractivity contribution in [2.75, 3.05) is 13.1 Å². The normalized spacial score (nSPS) is 11.2. The van der Waals surface area contributed by atoms with Crippen LogP contribution in [0.5, 0.6) is 0 Å². The standard InChI is InChI=1S/C16H24N4S2.HI/c1-4-15-20-13(11-22-15)6-8-18-16(17-5-2)19-10-14-12(3)7-9-21-14;/h7,9,11H,4-6,8,10H2,1-3H3,(H2,17,18,19);1H. The zero-order valence-electron chi connectivity index (χ0n) is 13.9. The number of thiophene rings is 1. The molecular formula is C16H25IN4S2. The zero-order valence-corrected chi connectivity index (χ0v) is 17.9. The minimum absolute atomic E-state index is 0. The molecule has 7 heteroatoms. The summed E-state index contributed by atoms with van der Waals surface area (Å²) in [5, 5.41) is 12.2. The van der Waals surface area contributed by atoms with Crippen molar-refractivity contribution in [3.8, 4) is 0 Å². The van der Waals surface area contributed by atoms with E-state index in [0.29, 0.717) is 0 Å². The Kier molecular flexibility index (Phi) is 9.73. The number of guanidine groups is 1. The Bertz CT molecular complexity index is 607. The number of nitrogens with one attached hydrogen (secondary N) is 2. The van der Waals surface area contributed by atoms with Crippen molar-refractivity contribution in [1.82, 2.24) is 15.6 Å². The van der Waals surface area contributed by atoms with Gasteiger partial charge in [-0.05, 0) is 37.3 Å². The Labute approximate surface area is 163 Å². The fraction of sp³-hybridized carbons (Fsp3) is 0.500. The lowest BCUT2D eigenvalue weighted by molar-refractivity contribution is 0.789. The molecule has 2 N–H and O–H groups in total. The minimum Gasteiger partial charge on any atom is -0.357 e. The number of hydrogen-bond acceptors (Lipinski definition) is 4. The number of rotatable bonds is 7. The predicted octanol–water partition coefficient (Wildman–Crippen LogP) is 3.99. The first-order valence-corrected chi connectivity index (χ1v) is 9.47. The molecular weight excluding hydrogens is 439 g/mol. The summed E-state index contributed by atoms with van der Waals surface area (Å²) >= 11 is 3.51. The highest BCUT2D eigenvalue weighted by Crippen LogP contribution is 2.16. The van der Waals surface area contributed by atoms with Crippen molar-refractivity contribution in [3.63, 3.8) is 0 Å². The van der Waals surface area contributed by atoms with E-state index in [-0.39, 0.29) is 24.0 Å². The van der Waals surface area contributed by atoms with E-state index in [1.54, 1.807) is 22.7 Å². The van der Waals surface area contributed by atoms with Gasteiger partial charge in [-0.1, -0.05) is 6.92 Å². The van der Waals surface area contributed by atoms with Gasteiger partial charge in [-0.3, -0.25) is 0 Å². The Balaban J connectivity index is 0.00000264. The van der Waals surface area contributed by atoms with Gasteiger partial charge in [-0.2, -0.15) is 0 Å². The molecule has 0 radical (unpaired) electrons. The lowest BCUT2D eigenvalue weighted by Gasteiger charge is -2.10. The number of halogens is 1. The molecule has 0 aliphatic rings. The molecule has 2 aromatic rings. The Morgan fingerprint density at radius 3 is 2.70 bits per heavy atom. The van der Waals surface area contributed by atoms with E-state index in [0.717, 1.165) is 38.4 Å². The lowest BCUT2D eigenvalue weighted by Crippen LogP contribution is -2.38. The molecule has 2 aromatic heterocycles. The summed E-state index contributed by atoms with van der Waals surface area (Å²) in [6.45, 7) is 8.81. The van der Waals surface area contributed by atoms with Crippen LogP contribution in [0.2, 0.25) is 0 Å². The first-order chi connectivity index (χ1) is 10.7. The molecule has 0 bridgehead atoms. The summed E-state index contributed by atoms with van der Waals surface area (Å²) in [5.41, 5.74) is 2.48. The molecule has 2 rings (SSSR count). The maximum atomic E-state index is 4.66. The van der Waals surface area contributed by atoms with Crippen LogP contribution in [0.25, 0.3) is 0 Å². The Hall–Kier alpha value is -0.670. The van der Waals surface area contributed by atoms with Crippen LogP contribution in [0.3, 0.4) is 0 Å². The van der Waals surface area contributed by atoms with Crippen LogP contribution in [-0.2, 0) is 19.4 Å². The van der Waals surface area contributed by atoms with E-state index in [4.69, 9.17) is 0 Å². The molecule has 0 aromatic carbocycles. The van der Waals surface area contributed by atoms with E-state index in [1.165, 1.54) is 21.1 Å². The maximum Gasteiger partial charge on any atom is 0.191 e. The highest BCUT2D eigenvalue weighted by atomic mass is 127. The van der Waals surface area contributed by atoms with Gasteiger partial charge in [0.25, 0.3) is 0 Å². The first-order valence-electron chi connectivity index (χ1n) is 7.71. The van der Waals surface area contributed by atoms with E-state index in [2.05, 4.69) is 58.2 Å². The van der Waals surface area contributed by atoms with Gasteiger partial charge in [-0.15, -0.1) is 46.7 Å². The molecule has 4 nitrogen and oxygen atoms in total. The number of nitrogens with zero attached hydrogens (tertiary/aromatic N) is 2. The van der Waals surface area contributed by atoms with Gasteiger partial charge in [0, 0.05) is 29.8 Å². The second-order valence-corrected chi connectivity index (χ2v) is 6.93. The van der Waals surface area contributed by atoms with Gasteiger partial charge in [0.1, 0.15) is 0 Å². The molecule has 0 amide bonds. The fourth-order valence-electron chi connectivity index (χ4n) is 1.99. The second kappa shape index (κ2) is 11.0. The highest BCUT2D eigenvalue weighted by molar-refractivity contribution is 14.0. The summed E-state index contributed by atoms with van der Waals surface area (Å²) in [4.78, 5) is 10.6. The first kappa shape index (κ1) is 20.4. The van der Waals surface area contributed by atoms with Gasteiger partial charge in [0.05, 0.1) is 17.2 Å². The lowest BCUT2D eigenvalue weighted by atomic mass is 10.3. The summed E-state index contributed by atoms with van der Waals surface area (Å²) in [7, 11) is 0. The molecule has 0 fully saturated rings. The number of hydrogen-bond donors (Lipinski definition) is 2. The van der Waals surface area contributed by atoms with Crippen molar-refractivity contribution in [3.05, 3.63) is 38.0 Å². The summed E-state index contributed by atoms with van der Waals surface area (Å²) < 4.78 is 0. The van der Waals surface area contributed by atoms with Crippen LogP contribution in [0, 0.1) is 6.92 Å². The van der Waals surface area contributed by atoms with Crippen molar-refractivity contribution in [1.29, 1.82) is 0 Å². The van der Waals surface area contributed by atoms with Gasteiger partial charge in [-0.25, -0.2) is 9.98 Å². The molecule has 0 aliphatic carbocycles. The third-order valence-corrected chi connectivity index (χ3v) is 5.32. The predicted molar refractivity (Wildman–Crippen MR) is 112 cm³/mol. The van der Waals surface area contributed by atoms with Crippen molar-refractivity contribution < 1.29 is 0 Å². The molecule has 0 aliphatic heterocycles. The smallest absolute Gasteiger partial charge is 0.191 e. The largest absolute Gasteiger partial charge is 0.357 e. The van der Waals surface area contributed by atoms with Crippen LogP contribution < -0.4 is 10.6 Å². The molecule has 0 saturated carbocycles. The van der Waals surface area contributed by atoms with Crippen molar-refractivity contribution in [2.24, 2.45) is 4.99 Å². The van der Waals surface area contributed by atoms with Crippen molar-refractivity contribution in [2.45, 2.75) is 40.2 Å². The minimum atomic E-state index is 0. The molecule has 0 spiro atoms. The van der Waals surface area contributed by atoms with Gasteiger partial charge >= 0.3 is 0 Å². The Morgan fingerprint density at radius 2 is 2.09 bits per heavy atom. The summed E-state index contributed by atoms with van der Waals surface area (Å²) in [6.07, 6.45) is 1.95. The Morgan fingerprint density at radius 1 is 1.26 bits per heavy atom. The van der Waals surface area contributed by atoms with E-state index >= 15 is 0 Å². The number of aliphatic imine (C=N–C) groups is 1. The second-order valence-electron chi connectivity index (χ2n) is 4.98. The number of aryl methyl sites for hydroxylation is 2. The summed E-state index contributed by atoms with van der Waals surface area (Å²) in [6, 6.07) is 2.14. The van der Waals surface area contributed by atoms with Crippen LogP contribution in [0.4, 0.5) is 0 Å². The quantitative estimate of drug-likeness (QED) is 0.370. The molecule has 128 valence electrons. The van der Waals surface area contributed by atoms with Gasteiger partial charge in [0.15, 0.2) is 5.96 Å². The fourth-order valence-corrected chi connectivity index (χ4v) is 3.60. The molecule has 0 saturated heterocycles. The summed E-state index contributed by atoms with van der Waals surface area (Å²) in [5.74, 6) is 0.876. The monoisotopic (exact) mass is 464 g/mol. The maximum absolute atomic E-state index is 4.66. The highest BCUT2D eigenvalue weighted by Gasteiger charge is 2.03. The van der Waals surface area contributed by atoms with Gasteiger partial charge in [0.2, 0.25) is 0 Å². The molecule has 2 heterocycles. The SMILES string of the molecule is CCNC(=NCc1sccc1C)NCCc1csc(CC)n1.I. The van der Waals surface area contributed by atoms with Gasteiger partial charge < -0.3 is 10.6 Å². The van der Waals surface area contributed by atoms with Crippen LogP contribution in [0.15, 0.2) is 21.8 Å². The van der Waals surface area contributed by atoms with E-state index < -0.39 is 0 Å². The van der Waals surface area contributed by atoms with Crippen LogP contribution in [0.1, 0.15) is 35.0 Å². The molecule has 0 atom stereocenters. The van der Waals surface area contributed by atoms with E-state index in [1.807, 2.05) is 0 Å². The van der Waals surface area contributed by atoms with E-state index in [9.17, 15) is 0 Å². The third-order valence-electron chi connectivity index (χ3n) is 3.27. The van der Waals surface area contributed by atoms with Crippen LogP contribution in [-0.4, -0.2) is 24.0 Å². The zero-order chi connectivity index (χ0) is 15.8. The number of thiazole rings is 1. The number of aromatic nitrogens is 1. The van der Waals surface area contributed by atoms with Crippen LogP contribution >= 0.6 is 46.7 Å². The topological polar surface area (TPSA) is 49.3 Å². The van der Waals surface area contributed by atoms with Crippen molar-refractivity contribution >= 4 is 52.6 Å². The average molecular weight is 464 g/mol. The average Bonchev–Trinajstić information content (AvgIpc) is 3.13.